The molecular weight excluding hydrogens is 562 g/mol. The van der Waals surface area contributed by atoms with Crippen LogP contribution in [0.15, 0.2) is 53.4 Å². The Bertz CT molecular complexity index is 1570. The lowest BCUT2D eigenvalue weighted by atomic mass is 10.00. The summed E-state index contributed by atoms with van der Waals surface area (Å²) in [6.45, 7) is 8.59. The molecule has 2 amide bonds. The van der Waals surface area contributed by atoms with E-state index in [0.29, 0.717) is 11.3 Å². The molecule has 224 valence electrons. The van der Waals surface area contributed by atoms with E-state index in [0.717, 1.165) is 16.7 Å². The number of aliphatic hydroxyl groups excluding tert-OH is 1. The predicted octanol–water partition coefficient (Wildman–Crippen LogP) is 3.17. The van der Waals surface area contributed by atoms with Crippen LogP contribution in [0, 0.1) is 13.8 Å². The van der Waals surface area contributed by atoms with Crippen LogP contribution in [0.4, 0.5) is 10.7 Å². The minimum atomic E-state index is -4.13. The Balaban J connectivity index is 1.70. The van der Waals surface area contributed by atoms with E-state index in [4.69, 9.17) is 9.47 Å². The monoisotopic (exact) mass is 597 g/mol. The number of sulfonamides is 1. The standard InChI is InChI=1S/C29H35N5O7S/c1-18-8-6-9-19(2)26(18)23-13-25(32-27(31-23)33-42(38,39)22-11-7-10-20(12-22)17-35)40-21-14-30-24(36)16-34(15-21)28(37)41-29(3,4)5/h6-13,21,35H,14-17H2,1-5H3,(H,30,36)(H,31,32,33). The summed E-state index contributed by atoms with van der Waals surface area (Å²) in [5.74, 6) is -0.569. The zero-order valence-electron chi connectivity index (χ0n) is 24.2. The molecule has 12 nitrogen and oxygen atoms in total. The summed E-state index contributed by atoms with van der Waals surface area (Å²) in [6, 6.07) is 13.2. The molecule has 1 aliphatic heterocycles. The number of rotatable bonds is 7. The Labute approximate surface area is 245 Å². The number of aromatic nitrogens is 2. The summed E-state index contributed by atoms with van der Waals surface area (Å²) in [5, 5.41) is 12.2. The molecule has 1 saturated heterocycles. The number of aryl methyl sites for hydroxylation is 2. The number of ether oxygens (including phenoxy) is 2. The minimum absolute atomic E-state index is 0.0192. The van der Waals surface area contributed by atoms with Crippen molar-refractivity contribution in [1.82, 2.24) is 20.2 Å². The van der Waals surface area contributed by atoms with E-state index >= 15 is 0 Å². The fraction of sp³-hybridized carbons (Fsp3) is 0.379. The molecule has 1 aromatic heterocycles. The lowest BCUT2D eigenvalue weighted by Gasteiger charge is -2.27. The third-order valence-corrected chi connectivity index (χ3v) is 7.61. The van der Waals surface area contributed by atoms with Gasteiger partial charge in [0.05, 0.1) is 30.3 Å². The first-order valence-electron chi connectivity index (χ1n) is 13.3. The number of carbonyl (C=O) groups excluding carboxylic acids is 2. The number of nitrogens with zero attached hydrogens (tertiary/aromatic N) is 3. The maximum Gasteiger partial charge on any atom is 0.410 e. The van der Waals surface area contributed by atoms with Gasteiger partial charge in [0.1, 0.15) is 18.2 Å². The molecule has 2 aromatic carbocycles. The SMILES string of the molecule is Cc1cccc(C)c1-c1cc(OC2CNC(=O)CN(C(=O)OC(C)(C)C)C2)nc(NS(=O)(=O)c2cccc(CO)c2)n1. The van der Waals surface area contributed by atoms with Crippen LogP contribution in [-0.2, 0) is 26.2 Å². The van der Waals surface area contributed by atoms with Crippen LogP contribution < -0.4 is 14.8 Å². The molecule has 42 heavy (non-hydrogen) atoms. The lowest BCUT2D eigenvalue weighted by Crippen LogP contribution is -2.43. The summed E-state index contributed by atoms with van der Waals surface area (Å²) in [6.07, 6.45) is -1.39. The van der Waals surface area contributed by atoms with Gasteiger partial charge in [0.2, 0.25) is 17.7 Å². The maximum atomic E-state index is 13.2. The molecule has 1 atom stereocenters. The normalized spacial score (nSPS) is 15.9. The van der Waals surface area contributed by atoms with Crippen molar-refractivity contribution in [2.75, 3.05) is 24.4 Å². The van der Waals surface area contributed by atoms with Crippen LogP contribution in [-0.4, -0.2) is 71.7 Å². The van der Waals surface area contributed by atoms with Gasteiger partial charge in [-0.25, -0.2) is 22.9 Å². The van der Waals surface area contributed by atoms with Crippen molar-refractivity contribution < 1.29 is 32.6 Å². The molecule has 3 aromatic rings. The summed E-state index contributed by atoms with van der Waals surface area (Å²) < 4.78 is 40.5. The number of benzene rings is 2. The van der Waals surface area contributed by atoms with Crippen LogP contribution in [0.25, 0.3) is 11.3 Å². The van der Waals surface area contributed by atoms with E-state index in [1.807, 2.05) is 32.0 Å². The molecule has 0 bridgehead atoms. The quantitative estimate of drug-likeness (QED) is 0.372. The summed E-state index contributed by atoms with van der Waals surface area (Å²) in [4.78, 5) is 35.1. The average Bonchev–Trinajstić information content (AvgIpc) is 3.08. The van der Waals surface area contributed by atoms with Crippen molar-refractivity contribution >= 4 is 28.0 Å². The highest BCUT2D eigenvalue weighted by Crippen LogP contribution is 2.30. The smallest absolute Gasteiger partial charge is 0.410 e. The number of amides is 2. The van der Waals surface area contributed by atoms with Crippen molar-refractivity contribution in [3.63, 3.8) is 0 Å². The summed E-state index contributed by atoms with van der Waals surface area (Å²) in [7, 11) is -4.13. The molecule has 3 N–H and O–H groups in total. The van der Waals surface area contributed by atoms with Gasteiger partial charge < -0.3 is 19.9 Å². The Hall–Kier alpha value is -4.23. The molecule has 2 heterocycles. The van der Waals surface area contributed by atoms with Gasteiger partial charge in [0, 0.05) is 11.6 Å². The van der Waals surface area contributed by atoms with E-state index < -0.39 is 27.8 Å². The molecule has 1 unspecified atom stereocenters. The highest BCUT2D eigenvalue weighted by atomic mass is 32.2. The van der Waals surface area contributed by atoms with Crippen molar-refractivity contribution in [2.24, 2.45) is 0 Å². The highest BCUT2D eigenvalue weighted by Gasteiger charge is 2.30. The van der Waals surface area contributed by atoms with Gasteiger partial charge in [-0.05, 0) is 63.4 Å². The van der Waals surface area contributed by atoms with Gasteiger partial charge in [-0.15, -0.1) is 0 Å². The Morgan fingerprint density at radius 3 is 2.48 bits per heavy atom. The highest BCUT2D eigenvalue weighted by molar-refractivity contribution is 7.92. The minimum Gasteiger partial charge on any atom is -0.470 e. The second-order valence-corrected chi connectivity index (χ2v) is 12.7. The first kappa shape index (κ1) is 30.7. The maximum absolute atomic E-state index is 13.2. The average molecular weight is 598 g/mol. The number of hydrogen-bond acceptors (Lipinski definition) is 9. The van der Waals surface area contributed by atoms with Crippen molar-refractivity contribution in [1.29, 1.82) is 0 Å². The van der Waals surface area contributed by atoms with Gasteiger partial charge in [0.25, 0.3) is 10.0 Å². The number of anilines is 1. The molecular formula is C29H35N5O7S. The fourth-order valence-electron chi connectivity index (χ4n) is 4.41. The second-order valence-electron chi connectivity index (χ2n) is 11.0. The van der Waals surface area contributed by atoms with E-state index in [1.54, 1.807) is 32.9 Å². The number of aliphatic hydroxyl groups is 1. The van der Waals surface area contributed by atoms with Crippen LogP contribution in [0.2, 0.25) is 0 Å². The van der Waals surface area contributed by atoms with Gasteiger partial charge in [0.15, 0.2) is 0 Å². The topological polar surface area (TPSA) is 160 Å². The van der Waals surface area contributed by atoms with E-state index in [-0.39, 0.29) is 48.9 Å². The first-order valence-corrected chi connectivity index (χ1v) is 14.8. The largest absolute Gasteiger partial charge is 0.470 e. The van der Waals surface area contributed by atoms with Gasteiger partial charge >= 0.3 is 6.09 Å². The number of hydrogen-bond donors (Lipinski definition) is 3. The molecule has 0 radical (unpaired) electrons. The van der Waals surface area contributed by atoms with Crippen LogP contribution >= 0.6 is 0 Å². The summed E-state index contributed by atoms with van der Waals surface area (Å²) >= 11 is 0. The van der Waals surface area contributed by atoms with Crippen LogP contribution in [0.3, 0.4) is 0 Å². The lowest BCUT2D eigenvalue weighted by molar-refractivity contribution is -0.121. The Morgan fingerprint density at radius 2 is 1.81 bits per heavy atom. The molecule has 4 rings (SSSR count). The molecule has 1 aliphatic rings. The Morgan fingerprint density at radius 1 is 1.12 bits per heavy atom. The fourth-order valence-corrected chi connectivity index (χ4v) is 5.43. The number of carbonyl (C=O) groups is 2. The Kier molecular flexibility index (Phi) is 9.02. The first-order chi connectivity index (χ1) is 19.7. The van der Waals surface area contributed by atoms with Gasteiger partial charge in [-0.2, -0.15) is 4.98 Å². The van der Waals surface area contributed by atoms with Crippen LogP contribution in [0.1, 0.15) is 37.5 Å². The molecule has 0 spiro atoms. The van der Waals surface area contributed by atoms with E-state index in [1.165, 1.54) is 23.1 Å². The van der Waals surface area contributed by atoms with Crippen molar-refractivity contribution in [3.05, 3.63) is 65.2 Å². The summed E-state index contributed by atoms with van der Waals surface area (Å²) in [5.41, 5.74) is 2.67. The number of nitrogens with one attached hydrogen (secondary N) is 2. The van der Waals surface area contributed by atoms with Crippen molar-refractivity contribution in [2.45, 2.75) is 57.8 Å². The molecule has 13 heteroatoms. The van der Waals surface area contributed by atoms with Crippen molar-refractivity contribution in [3.8, 4) is 17.1 Å². The predicted molar refractivity (Wildman–Crippen MR) is 155 cm³/mol. The van der Waals surface area contributed by atoms with Gasteiger partial charge in [-0.1, -0.05) is 30.3 Å². The van der Waals surface area contributed by atoms with Crippen LogP contribution in [0.5, 0.6) is 5.88 Å². The molecule has 0 saturated carbocycles. The molecule has 0 aliphatic carbocycles. The van der Waals surface area contributed by atoms with Gasteiger partial charge in [-0.3, -0.25) is 9.69 Å². The molecule has 1 fully saturated rings. The third-order valence-electron chi connectivity index (χ3n) is 6.28. The third kappa shape index (κ3) is 7.74. The zero-order valence-corrected chi connectivity index (χ0v) is 25.0. The van der Waals surface area contributed by atoms with E-state index in [9.17, 15) is 23.1 Å². The zero-order chi connectivity index (χ0) is 30.7. The second kappa shape index (κ2) is 12.3. The van der Waals surface area contributed by atoms with E-state index in [2.05, 4.69) is 20.0 Å².